The Balaban J connectivity index is 1.92. The highest BCUT2D eigenvalue weighted by Crippen LogP contribution is 2.25. The van der Waals surface area contributed by atoms with Gasteiger partial charge >= 0.3 is 0 Å². The molecule has 6 heteroatoms. The largest absolute Gasteiger partial charge is 0.324 e. The van der Waals surface area contributed by atoms with Crippen molar-refractivity contribution in [2.75, 3.05) is 5.32 Å². The number of aromatic nitrogens is 3. The van der Waals surface area contributed by atoms with Gasteiger partial charge in [0.2, 0.25) is 5.95 Å². The molecule has 0 atom stereocenters. The van der Waals surface area contributed by atoms with Crippen LogP contribution < -0.4 is 5.32 Å². The zero-order chi connectivity index (χ0) is 14.8. The summed E-state index contributed by atoms with van der Waals surface area (Å²) in [6, 6.07) is 11.4. The summed E-state index contributed by atoms with van der Waals surface area (Å²) in [5.74, 6) is 1.32. The second kappa shape index (κ2) is 5.71. The van der Waals surface area contributed by atoms with Gasteiger partial charge in [-0.3, -0.25) is 0 Å². The molecular weight excluding hydrogens is 304 g/mol. The summed E-state index contributed by atoms with van der Waals surface area (Å²) in [4.78, 5) is 5.47. The van der Waals surface area contributed by atoms with Gasteiger partial charge in [-0.1, -0.05) is 24.2 Å². The standard InChI is InChI=1S/C15H13ClN4S/c1-10(14-4-3-9-21-14)20-15(17-11(2)19-20)18-13-7-5-12(16)6-8-13/h3-9H,1H2,2H3,(H,17,18,19). The molecule has 0 radical (unpaired) electrons. The molecule has 2 aromatic heterocycles. The van der Waals surface area contributed by atoms with Gasteiger partial charge in [-0.05, 0) is 42.6 Å². The van der Waals surface area contributed by atoms with Crippen molar-refractivity contribution in [2.45, 2.75) is 6.92 Å². The maximum Gasteiger partial charge on any atom is 0.230 e. The van der Waals surface area contributed by atoms with Crippen molar-refractivity contribution in [3.05, 3.63) is 64.1 Å². The second-order valence-corrected chi connectivity index (χ2v) is 5.83. The molecule has 106 valence electrons. The van der Waals surface area contributed by atoms with Gasteiger partial charge in [0.05, 0.1) is 10.6 Å². The first-order chi connectivity index (χ1) is 10.1. The summed E-state index contributed by atoms with van der Waals surface area (Å²) in [5, 5.41) is 10.3. The molecule has 0 fully saturated rings. The number of nitrogens with zero attached hydrogens (tertiary/aromatic N) is 3. The molecule has 0 bridgehead atoms. The van der Waals surface area contributed by atoms with E-state index in [1.807, 2.05) is 48.7 Å². The lowest BCUT2D eigenvalue weighted by Crippen LogP contribution is -2.04. The Bertz CT molecular complexity index is 760. The van der Waals surface area contributed by atoms with Crippen LogP contribution in [0.25, 0.3) is 5.70 Å². The van der Waals surface area contributed by atoms with Gasteiger partial charge in [0, 0.05) is 10.7 Å². The van der Waals surface area contributed by atoms with Crippen LogP contribution in [0, 0.1) is 6.92 Å². The molecule has 0 aliphatic rings. The zero-order valence-corrected chi connectivity index (χ0v) is 12.9. The van der Waals surface area contributed by atoms with E-state index < -0.39 is 0 Å². The van der Waals surface area contributed by atoms with Crippen LogP contribution in [-0.2, 0) is 0 Å². The van der Waals surface area contributed by atoms with Gasteiger partial charge in [-0.15, -0.1) is 16.4 Å². The number of aryl methyl sites for hydroxylation is 1. The summed E-state index contributed by atoms with van der Waals surface area (Å²) in [5.41, 5.74) is 1.69. The Morgan fingerprint density at radius 3 is 2.71 bits per heavy atom. The van der Waals surface area contributed by atoms with Crippen LogP contribution in [0.15, 0.2) is 48.4 Å². The van der Waals surface area contributed by atoms with Crippen molar-refractivity contribution in [3.8, 4) is 0 Å². The van der Waals surface area contributed by atoms with Crippen LogP contribution in [0.1, 0.15) is 10.7 Å². The van der Waals surface area contributed by atoms with Crippen molar-refractivity contribution >= 4 is 40.3 Å². The first kappa shape index (κ1) is 13.9. The molecule has 3 rings (SSSR count). The maximum absolute atomic E-state index is 5.89. The minimum Gasteiger partial charge on any atom is -0.324 e. The number of thiophene rings is 1. The van der Waals surface area contributed by atoms with Crippen LogP contribution in [-0.4, -0.2) is 14.8 Å². The molecule has 0 saturated carbocycles. The lowest BCUT2D eigenvalue weighted by Gasteiger charge is -2.09. The van der Waals surface area contributed by atoms with E-state index in [0.29, 0.717) is 16.8 Å². The Morgan fingerprint density at radius 2 is 2.05 bits per heavy atom. The second-order valence-electron chi connectivity index (χ2n) is 4.45. The van der Waals surface area contributed by atoms with Crippen molar-refractivity contribution in [1.82, 2.24) is 14.8 Å². The third-order valence-corrected chi connectivity index (χ3v) is 4.05. The molecule has 21 heavy (non-hydrogen) atoms. The van der Waals surface area contributed by atoms with Gasteiger partial charge in [-0.25, -0.2) is 0 Å². The van der Waals surface area contributed by atoms with E-state index in [4.69, 9.17) is 11.6 Å². The summed E-state index contributed by atoms with van der Waals surface area (Å²) in [6.07, 6.45) is 0. The third kappa shape index (κ3) is 2.99. The Kier molecular flexibility index (Phi) is 3.77. The first-order valence-corrected chi connectivity index (χ1v) is 7.58. The van der Waals surface area contributed by atoms with Crippen LogP contribution in [0.3, 0.4) is 0 Å². The number of hydrogen-bond donors (Lipinski definition) is 1. The van der Waals surface area contributed by atoms with Crippen molar-refractivity contribution in [2.24, 2.45) is 0 Å². The van der Waals surface area contributed by atoms with Crippen LogP contribution in [0.2, 0.25) is 5.02 Å². The fraction of sp³-hybridized carbons (Fsp3) is 0.0667. The molecule has 0 spiro atoms. The fourth-order valence-electron chi connectivity index (χ4n) is 1.89. The van der Waals surface area contributed by atoms with E-state index in [9.17, 15) is 0 Å². The van der Waals surface area contributed by atoms with Crippen molar-refractivity contribution in [3.63, 3.8) is 0 Å². The van der Waals surface area contributed by atoms with Gasteiger partial charge in [0.25, 0.3) is 0 Å². The molecular formula is C15H13ClN4S. The predicted octanol–water partition coefficient (Wildman–Crippen LogP) is 4.56. The Hall–Kier alpha value is -2.11. The molecule has 0 aliphatic carbocycles. The SMILES string of the molecule is C=C(c1cccs1)n1nc(C)nc1Nc1ccc(Cl)cc1. The lowest BCUT2D eigenvalue weighted by atomic mass is 10.3. The van der Waals surface area contributed by atoms with Crippen LogP contribution in [0.5, 0.6) is 0 Å². The van der Waals surface area contributed by atoms with Crippen molar-refractivity contribution in [1.29, 1.82) is 0 Å². The van der Waals surface area contributed by atoms with E-state index in [0.717, 1.165) is 16.3 Å². The highest BCUT2D eigenvalue weighted by molar-refractivity contribution is 7.11. The number of benzene rings is 1. The molecule has 1 aromatic carbocycles. The number of rotatable bonds is 4. The monoisotopic (exact) mass is 316 g/mol. The molecule has 4 nitrogen and oxygen atoms in total. The predicted molar refractivity (Wildman–Crippen MR) is 88.2 cm³/mol. The molecule has 0 unspecified atom stereocenters. The number of anilines is 2. The number of nitrogens with one attached hydrogen (secondary N) is 1. The summed E-state index contributed by atoms with van der Waals surface area (Å²) < 4.78 is 1.72. The average Bonchev–Trinajstić information content (AvgIpc) is 3.10. The zero-order valence-electron chi connectivity index (χ0n) is 11.4. The molecule has 1 N–H and O–H groups in total. The highest BCUT2D eigenvalue weighted by atomic mass is 35.5. The van der Waals surface area contributed by atoms with Gasteiger partial charge < -0.3 is 5.32 Å². The van der Waals surface area contributed by atoms with Crippen molar-refractivity contribution < 1.29 is 0 Å². The molecule has 3 aromatic rings. The van der Waals surface area contributed by atoms with Crippen LogP contribution in [0.4, 0.5) is 11.6 Å². The number of hydrogen-bond acceptors (Lipinski definition) is 4. The summed E-state index contributed by atoms with van der Waals surface area (Å²) in [7, 11) is 0. The molecule has 0 amide bonds. The van der Waals surface area contributed by atoms with E-state index >= 15 is 0 Å². The number of halogens is 1. The quantitative estimate of drug-likeness (QED) is 0.767. The van der Waals surface area contributed by atoms with Gasteiger partial charge in [0.15, 0.2) is 0 Å². The third-order valence-electron chi connectivity index (χ3n) is 2.87. The van der Waals surface area contributed by atoms with Gasteiger partial charge in [-0.2, -0.15) is 9.67 Å². The van der Waals surface area contributed by atoms with E-state index in [1.54, 1.807) is 16.0 Å². The van der Waals surface area contributed by atoms with E-state index in [1.165, 1.54) is 0 Å². The molecule has 2 heterocycles. The summed E-state index contributed by atoms with van der Waals surface area (Å²) in [6.45, 7) is 5.96. The average molecular weight is 317 g/mol. The minimum atomic E-state index is 0.633. The van der Waals surface area contributed by atoms with E-state index in [-0.39, 0.29) is 0 Å². The normalized spacial score (nSPS) is 10.6. The molecule has 0 saturated heterocycles. The summed E-state index contributed by atoms with van der Waals surface area (Å²) >= 11 is 7.51. The Labute approximate surface area is 131 Å². The van der Waals surface area contributed by atoms with E-state index in [2.05, 4.69) is 22.0 Å². The Morgan fingerprint density at radius 1 is 1.29 bits per heavy atom. The fourth-order valence-corrected chi connectivity index (χ4v) is 2.70. The lowest BCUT2D eigenvalue weighted by molar-refractivity contribution is 0.895. The maximum atomic E-state index is 5.89. The van der Waals surface area contributed by atoms with Crippen LogP contribution >= 0.6 is 22.9 Å². The first-order valence-electron chi connectivity index (χ1n) is 6.33. The molecule has 0 aliphatic heterocycles. The smallest absolute Gasteiger partial charge is 0.230 e. The highest BCUT2D eigenvalue weighted by Gasteiger charge is 2.12. The minimum absolute atomic E-state index is 0.633. The topological polar surface area (TPSA) is 42.7 Å². The van der Waals surface area contributed by atoms with Gasteiger partial charge in [0.1, 0.15) is 5.82 Å².